The van der Waals surface area contributed by atoms with Gasteiger partial charge in [0, 0.05) is 6.20 Å². The van der Waals surface area contributed by atoms with Gasteiger partial charge in [-0.1, -0.05) is 29.2 Å². The number of thioether (sulfide) groups is 1. The Morgan fingerprint density at radius 1 is 1.33 bits per heavy atom. The molecule has 0 atom stereocenters. The normalized spacial score (nSPS) is 11.2. The predicted molar refractivity (Wildman–Crippen MR) is 94.1 cm³/mol. The van der Waals surface area contributed by atoms with Gasteiger partial charge in [-0.3, -0.25) is 9.20 Å². The summed E-state index contributed by atoms with van der Waals surface area (Å²) in [5, 5.41) is 3.97. The molecule has 0 unspecified atom stereocenters. The van der Waals surface area contributed by atoms with Crippen molar-refractivity contribution < 1.29 is 9.18 Å². The third-order valence-corrected chi connectivity index (χ3v) is 5.23. The maximum atomic E-state index is 13.2. The van der Waals surface area contributed by atoms with Gasteiger partial charge in [0.2, 0.25) is 5.91 Å². The monoisotopic (exact) mass is 358 g/mol. The number of anilines is 1. The molecule has 24 heavy (non-hydrogen) atoms. The number of thiazole rings is 1. The lowest BCUT2D eigenvalue weighted by Gasteiger charge is -2.01. The number of hydrogen-bond donors (Lipinski definition) is 1. The zero-order chi connectivity index (χ0) is 16.5. The van der Waals surface area contributed by atoms with Crippen molar-refractivity contribution >= 4 is 49.9 Å². The number of hydrogen-bond acceptors (Lipinski definition) is 5. The molecule has 5 nitrogen and oxygen atoms in total. The van der Waals surface area contributed by atoms with Crippen LogP contribution in [0.4, 0.5) is 9.52 Å². The summed E-state index contributed by atoms with van der Waals surface area (Å²) in [6.07, 6.45) is 3.67. The van der Waals surface area contributed by atoms with Crippen LogP contribution < -0.4 is 5.32 Å². The minimum atomic E-state index is -0.314. The second-order valence-corrected chi connectivity index (χ2v) is 6.98. The zero-order valence-electron chi connectivity index (χ0n) is 12.3. The van der Waals surface area contributed by atoms with Gasteiger partial charge < -0.3 is 5.32 Å². The van der Waals surface area contributed by atoms with E-state index in [4.69, 9.17) is 0 Å². The fourth-order valence-corrected chi connectivity index (χ4v) is 3.94. The lowest BCUT2D eigenvalue weighted by Crippen LogP contribution is -2.14. The quantitative estimate of drug-likeness (QED) is 0.564. The van der Waals surface area contributed by atoms with Crippen molar-refractivity contribution in [2.45, 2.75) is 5.16 Å². The number of benzene rings is 1. The Labute approximate surface area is 144 Å². The van der Waals surface area contributed by atoms with Gasteiger partial charge in [-0.15, -0.1) is 0 Å². The molecule has 4 aromatic rings. The third-order valence-electron chi connectivity index (χ3n) is 3.33. The van der Waals surface area contributed by atoms with Crippen LogP contribution in [-0.4, -0.2) is 26.0 Å². The number of pyridine rings is 1. The van der Waals surface area contributed by atoms with E-state index in [1.807, 2.05) is 28.8 Å². The molecule has 0 saturated carbocycles. The van der Waals surface area contributed by atoms with Crippen LogP contribution in [-0.2, 0) is 4.79 Å². The SMILES string of the molecule is O=C(CSc1ncc2ccccn12)Nc1nc2ccc(F)cc2s1. The Morgan fingerprint density at radius 2 is 2.25 bits per heavy atom. The largest absolute Gasteiger partial charge is 0.301 e. The molecule has 0 aliphatic heterocycles. The summed E-state index contributed by atoms with van der Waals surface area (Å²) in [6, 6.07) is 10.2. The fourth-order valence-electron chi connectivity index (χ4n) is 2.26. The van der Waals surface area contributed by atoms with Crippen LogP contribution in [0.1, 0.15) is 0 Å². The number of nitrogens with zero attached hydrogens (tertiary/aromatic N) is 3. The van der Waals surface area contributed by atoms with Gasteiger partial charge in [-0.2, -0.15) is 0 Å². The summed E-state index contributed by atoms with van der Waals surface area (Å²) in [4.78, 5) is 20.7. The van der Waals surface area contributed by atoms with E-state index < -0.39 is 0 Å². The van der Waals surface area contributed by atoms with Crippen LogP contribution in [0.15, 0.2) is 53.9 Å². The first-order valence-electron chi connectivity index (χ1n) is 7.10. The molecule has 1 aromatic carbocycles. The fraction of sp³-hybridized carbons (Fsp3) is 0.0625. The van der Waals surface area contributed by atoms with Crippen molar-refractivity contribution in [3.63, 3.8) is 0 Å². The van der Waals surface area contributed by atoms with Gasteiger partial charge >= 0.3 is 0 Å². The first kappa shape index (κ1) is 15.1. The summed E-state index contributed by atoms with van der Waals surface area (Å²) in [5.41, 5.74) is 1.65. The van der Waals surface area contributed by atoms with Crippen molar-refractivity contribution in [3.8, 4) is 0 Å². The average molecular weight is 358 g/mol. The van der Waals surface area contributed by atoms with Crippen molar-refractivity contribution in [2.24, 2.45) is 0 Å². The molecule has 4 rings (SSSR count). The Kier molecular flexibility index (Phi) is 3.91. The van der Waals surface area contributed by atoms with E-state index in [-0.39, 0.29) is 17.5 Å². The smallest absolute Gasteiger partial charge is 0.236 e. The number of rotatable bonds is 4. The molecule has 0 bridgehead atoms. The standard InChI is InChI=1S/C16H11FN4OS2/c17-10-4-5-12-13(7-10)24-15(19-12)20-14(22)9-23-16-18-8-11-3-1-2-6-21(11)16/h1-8H,9H2,(H,19,20,22). The van der Waals surface area contributed by atoms with Gasteiger partial charge in [0.25, 0.3) is 0 Å². The lowest BCUT2D eigenvalue weighted by atomic mass is 10.3. The number of aromatic nitrogens is 3. The van der Waals surface area contributed by atoms with Gasteiger partial charge in [0.1, 0.15) is 5.82 Å². The topological polar surface area (TPSA) is 59.3 Å². The molecular weight excluding hydrogens is 347 g/mol. The molecule has 8 heteroatoms. The highest BCUT2D eigenvalue weighted by atomic mass is 32.2. The van der Waals surface area contributed by atoms with Crippen LogP contribution in [0.3, 0.4) is 0 Å². The molecule has 3 heterocycles. The number of halogens is 1. The van der Waals surface area contributed by atoms with Gasteiger partial charge in [-0.05, 0) is 30.3 Å². The van der Waals surface area contributed by atoms with E-state index in [1.54, 1.807) is 12.3 Å². The molecule has 1 N–H and O–H groups in total. The third kappa shape index (κ3) is 2.98. The minimum absolute atomic E-state index is 0.174. The molecule has 0 spiro atoms. The average Bonchev–Trinajstić information content (AvgIpc) is 3.16. The second kappa shape index (κ2) is 6.21. The van der Waals surface area contributed by atoms with Crippen molar-refractivity contribution in [1.82, 2.24) is 14.4 Å². The highest BCUT2D eigenvalue weighted by molar-refractivity contribution is 7.99. The maximum absolute atomic E-state index is 13.2. The molecule has 0 radical (unpaired) electrons. The van der Waals surface area contributed by atoms with E-state index in [2.05, 4.69) is 15.3 Å². The Bertz CT molecular complexity index is 1040. The number of carbonyl (C=O) groups is 1. The van der Waals surface area contributed by atoms with Crippen LogP contribution in [0.5, 0.6) is 0 Å². The number of amides is 1. The van der Waals surface area contributed by atoms with Crippen LogP contribution in [0, 0.1) is 5.82 Å². The Balaban J connectivity index is 1.44. The number of nitrogens with one attached hydrogen (secondary N) is 1. The summed E-state index contributed by atoms with van der Waals surface area (Å²) >= 11 is 2.60. The molecule has 120 valence electrons. The maximum Gasteiger partial charge on any atom is 0.236 e. The van der Waals surface area contributed by atoms with Crippen molar-refractivity contribution in [1.29, 1.82) is 0 Å². The van der Waals surface area contributed by atoms with Gasteiger partial charge in [0.15, 0.2) is 10.3 Å². The van der Waals surface area contributed by atoms with E-state index >= 15 is 0 Å². The van der Waals surface area contributed by atoms with Crippen molar-refractivity contribution in [2.75, 3.05) is 11.1 Å². The molecule has 0 fully saturated rings. The lowest BCUT2D eigenvalue weighted by molar-refractivity contribution is -0.113. The summed E-state index contributed by atoms with van der Waals surface area (Å²) in [6.45, 7) is 0. The highest BCUT2D eigenvalue weighted by Gasteiger charge is 2.11. The summed E-state index contributed by atoms with van der Waals surface area (Å²) < 4.78 is 15.8. The van der Waals surface area contributed by atoms with Gasteiger partial charge in [-0.25, -0.2) is 14.4 Å². The highest BCUT2D eigenvalue weighted by Crippen LogP contribution is 2.27. The van der Waals surface area contributed by atoms with Crippen LogP contribution in [0.2, 0.25) is 0 Å². The van der Waals surface area contributed by atoms with E-state index in [1.165, 1.54) is 35.2 Å². The van der Waals surface area contributed by atoms with E-state index in [0.717, 1.165) is 10.7 Å². The molecule has 1 amide bonds. The number of carbonyl (C=O) groups excluding carboxylic acids is 1. The number of fused-ring (bicyclic) bond motifs is 2. The minimum Gasteiger partial charge on any atom is -0.301 e. The van der Waals surface area contributed by atoms with Crippen LogP contribution >= 0.6 is 23.1 Å². The zero-order valence-corrected chi connectivity index (χ0v) is 13.9. The van der Waals surface area contributed by atoms with Crippen LogP contribution in [0.25, 0.3) is 15.7 Å². The van der Waals surface area contributed by atoms with Crippen molar-refractivity contribution in [3.05, 3.63) is 54.6 Å². The Hall–Kier alpha value is -2.45. The second-order valence-electron chi connectivity index (χ2n) is 5.00. The Morgan fingerprint density at radius 3 is 3.17 bits per heavy atom. The first-order valence-corrected chi connectivity index (χ1v) is 8.90. The number of imidazole rings is 1. The first-order chi connectivity index (χ1) is 11.7. The summed E-state index contributed by atoms with van der Waals surface area (Å²) in [7, 11) is 0. The summed E-state index contributed by atoms with van der Waals surface area (Å²) in [5.74, 6) is -0.267. The predicted octanol–water partition coefficient (Wildman–Crippen LogP) is 3.81. The van der Waals surface area contributed by atoms with E-state index in [9.17, 15) is 9.18 Å². The molecule has 0 saturated heterocycles. The molecule has 0 aliphatic carbocycles. The van der Waals surface area contributed by atoms with Gasteiger partial charge in [0.05, 0.1) is 27.7 Å². The molecule has 0 aliphatic rings. The molecule has 3 aromatic heterocycles. The molecular formula is C16H11FN4OS2. The van der Waals surface area contributed by atoms with E-state index in [0.29, 0.717) is 15.3 Å².